The zero-order valence-corrected chi connectivity index (χ0v) is 17.9. The molecule has 0 atom stereocenters. The van der Waals surface area contributed by atoms with E-state index in [1.807, 2.05) is 30.9 Å². The van der Waals surface area contributed by atoms with E-state index < -0.39 is 0 Å². The van der Waals surface area contributed by atoms with Gasteiger partial charge in [0.25, 0.3) is 5.91 Å². The monoisotopic (exact) mass is 403 g/mol. The third-order valence-corrected chi connectivity index (χ3v) is 5.09. The van der Waals surface area contributed by atoms with Crippen LogP contribution in [0.4, 0.5) is 11.4 Å². The van der Waals surface area contributed by atoms with Crippen LogP contribution in [0, 0.1) is 13.8 Å². The van der Waals surface area contributed by atoms with E-state index in [-0.39, 0.29) is 18.3 Å². The van der Waals surface area contributed by atoms with Gasteiger partial charge in [0.1, 0.15) is 5.75 Å². The number of anilines is 2. The van der Waals surface area contributed by atoms with Crippen LogP contribution in [0.25, 0.3) is 0 Å². The number of hydrogen-bond acceptors (Lipinski definition) is 4. The van der Waals surface area contributed by atoms with Crippen molar-refractivity contribution in [3.8, 4) is 5.75 Å². The minimum Gasteiger partial charge on any atom is -0.496 e. The molecule has 0 aromatic heterocycles. The van der Waals surface area contributed by atoms with E-state index in [9.17, 15) is 4.79 Å². The Hall–Kier alpha value is -2.40. The van der Waals surface area contributed by atoms with Gasteiger partial charge < -0.3 is 19.9 Å². The Labute approximate surface area is 174 Å². The maximum absolute atomic E-state index is 13.0. The Kier molecular flexibility index (Phi) is 7.58. The second-order valence-corrected chi connectivity index (χ2v) is 6.97. The summed E-state index contributed by atoms with van der Waals surface area (Å²) in [5.74, 6) is 0.958. The molecule has 0 saturated carbocycles. The van der Waals surface area contributed by atoms with E-state index in [1.54, 1.807) is 7.11 Å². The quantitative estimate of drug-likeness (QED) is 0.815. The lowest BCUT2D eigenvalue weighted by atomic mass is 10.0. The summed E-state index contributed by atoms with van der Waals surface area (Å²) >= 11 is 0. The average molecular weight is 404 g/mol. The molecule has 0 spiro atoms. The number of para-hydroxylation sites is 2. The molecule has 1 heterocycles. The highest BCUT2D eigenvalue weighted by Crippen LogP contribution is 2.28. The van der Waals surface area contributed by atoms with Crippen molar-refractivity contribution in [1.82, 2.24) is 4.90 Å². The molecule has 1 aliphatic rings. The molecule has 1 amide bonds. The minimum absolute atomic E-state index is 0. The van der Waals surface area contributed by atoms with Gasteiger partial charge in [0, 0.05) is 38.3 Å². The molecule has 6 heteroatoms. The largest absolute Gasteiger partial charge is 0.496 e. The Morgan fingerprint density at radius 2 is 1.68 bits per heavy atom. The van der Waals surface area contributed by atoms with Crippen LogP contribution in [0.15, 0.2) is 36.4 Å². The molecule has 1 fully saturated rings. The fourth-order valence-electron chi connectivity index (χ4n) is 3.82. The second-order valence-electron chi connectivity index (χ2n) is 6.97. The van der Waals surface area contributed by atoms with Crippen LogP contribution in [0.5, 0.6) is 5.75 Å². The number of ether oxygens (including phenoxy) is 1. The Morgan fingerprint density at radius 3 is 2.25 bits per heavy atom. The molecule has 1 saturated heterocycles. The summed E-state index contributed by atoms with van der Waals surface area (Å²) in [5, 5.41) is 3.42. The zero-order valence-electron chi connectivity index (χ0n) is 17.1. The molecule has 28 heavy (non-hydrogen) atoms. The van der Waals surface area contributed by atoms with Gasteiger partial charge in [0.05, 0.1) is 18.5 Å². The summed E-state index contributed by atoms with van der Waals surface area (Å²) in [6.07, 6.45) is 0. The van der Waals surface area contributed by atoms with Crippen molar-refractivity contribution in [3.63, 3.8) is 0 Å². The van der Waals surface area contributed by atoms with E-state index in [2.05, 4.69) is 41.4 Å². The number of piperazine rings is 1. The number of hydrogen-bond donors (Lipinski definition) is 1. The fourth-order valence-corrected chi connectivity index (χ4v) is 3.82. The van der Waals surface area contributed by atoms with Gasteiger partial charge in [-0.25, -0.2) is 0 Å². The van der Waals surface area contributed by atoms with Crippen LogP contribution in [-0.2, 0) is 0 Å². The zero-order chi connectivity index (χ0) is 19.4. The van der Waals surface area contributed by atoms with Crippen LogP contribution < -0.4 is 15.0 Å². The van der Waals surface area contributed by atoms with Crippen molar-refractivity contribution in [2.45, 2.75) is 20.8 Å². The number of amides is 1. The van der Waals surface area contributed by atoms with Crippen molar-refractivity contribution in [1.29, 1.82) is 0 Å². The van der Waals surface area contributed by atoms with Crippen LogP contribution in [0.1, 0.15) is 28.4 Å². The van der Waals surface area contributed by atoms with E-state index >= 15 is 0 Å². The van der Waals surface area contributed by atoms with Gasteiger partial charge in [-0.1, -0.05) is 12.1 Å². The lowest BCUT2D eigenvalue weighted by Gasteiger charge is -2.37. The van der Waals surface area contributed by atoms with Gasteiger partial charge in [-0.3, -0.25) is 4.79 Å². The minimum atomic E-state index is 0. The van der Waals surface area contributed by atoms with Crippen molar-refractivity contribution in [3.05, 3.63) is 53.1 Å². The van der Waals surface area contributed by atoms with Crippen LogP contribution in [0.2, 0.25) is 0 Å². The number of methoxy groups -OCH3 is 1. The normalized spacial score (nSPS) is 13.7. The number of aryl methyl sites for hydroxylation is 2. The molecule has 2 aromatic rings. The summed E-state index contributed by atoms with van der Waals surface area (Å²) in [6, 6.07) is 12.2. The van der Waals surface area contributed by atoms with Crippen LogP contribution >= 0.6 is 12.4 Å². The van der Waals surface area contributed by atoms with E-state index in [1.165, 1.54) is 5.69 Å². The number of carbonyl (C=O) groups is 1. The van der Waals surface area contributed by atoms with Gasteiger partial charge in [0.2, 0.25) is 0 Å². The van der Waals surface area contributed by atoms with Crippen molar-refractivity contribution >= 4 is 29.7 Å². The van der Waals surface area contributed by atoms with E-state index in [0.717, 1.165) is 60.9 Å². The summed E-state index contributed by atoms with van der Waals surface area (Å²) in [5.41, 5.74) is 5.11. The van der Waals surface area contributed by atoms with Crippen LogP contribution in [0.3, 0.4) is 0 Å². The molecule has 1 N–H and O–H groups in total. The molecule has 0 unspecified atom stereocenters. The lowest BCUT2D eigenvalue weighted by Crippen LogP contribution is -2.49. The molecule has 0 radical (unpaired) electrons. The molecule has 0 bridgehead atoms. The summed E-state index contributed by atoms with van der Waals surface area (Å²) in [4.78, 5) is 17.3. The van der Waals surface area contributed by atoms with E-state index in [0.29, 0.717) is 0 Å². The average Bonchev–Trinajstić information content (AvgIpc) is 2.68. The Morgan fingerprint density at radius 1 is 1.07 bits per heavy atom. The van der Waals surface area contributed by atoms with Gasteiger partial charge in [-0.2, -0.15) is 0 Å². The van der Waals surface area contributed by atoms with E-state index in [4.69, 9.17) is 4.74 Å². The first kappa shape index (κ1) is 21.9. The number of rotatable bonds is 5. The SMILES string of the molecule is CCNc1ccccc1N1CCN(C(=O)c2cc(C)c(OC)c(C)c2)CC1.Cl. The van der Waals surface area contributed by atoms with Crippen molar-refractivity contribution < 1.29 is 9.53 Å². The van der Waals surface area contributed by atoms with Gasteiger partial charge in [0.15, 0.2) is 0 Å². The van der Waals surface area contributed by atoms with Gasteiger partial charge >= 0.3 is 0 Å². The third-order valence-electron chi connectivity index (χ3n) is 5.09. The van der Waals surface area contributed by atoms with Crippen LogP contribution in [-0.4, -0.2) is 50.6 Å². The highest BCUT2D eigenvalue weighted by Gasteiger charge is 2.24. The highest BCUT2D eigenvalue weighted by molar-refractivity contribution is 5.95. The molecule has 1 aliphatic heterocycles. The predicted molar refractivity (Wildman–Crippen MR) is 118 cm³/mol. The summed E-state index contributed by atoms with van der Waals surface area (Å²) in [7, 11) is 1.67. The van der Waals surface area contributed by atoms with Gasteiger partial charge in [-0.05, 0) is 56.2 Å². The summed E-state index contributed by atoms with van der Waals surface area (Å²) < 4.78 is 5.41. The number of benzene rings is 2. The topological polar surface area (TPSA) is 44.8 Å². The number of nitrogens with zero attached hydrogens (tertiary/aromatic N) is 2. The molecule has 152 valence electrons. The van der Waals surface area contributed by atoms with Crippen molar-refractivity contribution in [2.24, 2.45) is 0 Å². The lowest BCUT2D eigenvalue weighted by molar-refractivity contribution is 0.0746. The number of halogens is 1. The third kappa shape index (κ3) is 4.53. The first-order chi connectivity index (χ1) is 13.0. The molecular weight excluding hydrogens is 374 g/mol. The standard InChI is InChI=1S/C22H29N3O2.ClH/c1-5-23-19-8-6-7-9-20(19)24-10-12-25(13-11-24)22(26)18-14-16(2)21(27-4)17(3)15-18;/h6-9,14-15,23H,5,10-13H2,1-4H3;1H. The van der Waals surface area contributed by atoms with Crippen molar-refractivity contribution in [2.75, 3.05) is 50.1 Å². The smallest absolute Gasteiger partial charge is 0.253 e. The first-order valence-corrected chi connectivity index (χ1v) is 9.57. The second kappa shape index (κ2) is 9.69. The summed E-state index contributed by atoms with van der Waals surface area (Å²) in [6.45, 7) is 10.1. The fraction of sp³-hybridized carbons (Fsp3) is 0.409. The number of nitrogens with one attached hydrogen (secondary N) is 1. The molecule has 3 rings (SSSR count). The molecular formula is C22H30ClN3O2. The maximum atomic E-state index is 13.0. The number of carbonyl (C=O) groups excluding carboxylic acids is 1. The predicted octanol–water partition coefficient (Wildman–Crippen LogP) is 4.13. The first-order valence-electron chi connectivity index (χ1n) is 9.57. The maximum Gasteiger partial charge on any atom is 0.253 e. The molecule has 0 aliphatic carbocycles. The van der Waals surface area contributed by atoms with Gasteiger partial charge in [-0.15, -0.1) is 12.4 Å². The molecule has 2 aromatic carbocycles. The Balaban J connectivity index is 0.00000280. The highest BCUT2D eigenvalue weighted by atomic mass is 35.5. The molecule has 5 nitrogen and oxygen atoms in total. The Bertz CT molecular complexity index is 794.